The van der Waals surface area contributed by atoms with Gasteiger partial charge in [0.25, 0.3) is 0 Å². The lowest BCUT2D eigenvalue weighted by molar-refractivity contribution is 0.1000. The van der Waals surface area contributed by atoms with Crippen LogP contribution in [0.4, 0.5) is 10.1 Å². The van der Waals surface area contributed by atoms with E-state index in [4.69, 9.17) is 10.5 Å². The van der Waals surface area contributed by atoms with Crippen LogP contribution < -0.4 is 15.8 Å². The number of primary amides is 1. The minimum absolute atomic E-state index is 0.0437. The summed E-state index contributed by atoms with van der Waals surface area (Å²) in [6, 6.07) is 10.9. The number of halogens is 1. The predicted octanol–water partition coefficient (Wildman–Crippen LogP) is 2.76. The summed E-state index contributed by atoms with van der Waals surface area (Å²) in [6.45, 7) is 0. The standard InChI is InChI=1S/C14H13FN2O2/c1-17-10-3-5-11(6-4-10)19-13-7-2-9(14(16)18)8-12(13)15/h2-8,17H,1H3,(H2,16,18). The Labute approximate surface area is 110 Å². The summed E-state index contributed by atoms with van der Waals surface area (Å²) in [7, 11) is 1.80. The topological polar surface area (TPSA) is 64.3 Å². The van der Waals surface area contributed by atoms with Crippen LogP contribution in [0.2, 0.25) is 0 Å². The van der Waals surface area contributed by atoms with Gasteiger partial charge in [-0.25, -0.2) is 4.39 Å². The lowest BCUT2D eigenvalue weighted by Crippen LogP contribution is -2.11. The summed E-state index contributed by atoms with van der Waals surface area (Å²) in [5, 5.41) is 2.97. The highest BCUT2D eigenvalue weighted by Crippen LogP contribution is 2.26. The number of ether oxygens (including phenoxy) is 1. The van der Waals surface area contributed by atoms with Crippen LogP contribution in [-0.4, -0.2) is 13.0 Å². The van der Waals surface area contributed by atoms with Crippen molar-refractivity contribution in [3.8, 4) is 11.5 Å². The van der Waals surface area contributed by atoms with Crippen molar-refractivity contribution in [3.63, 3.8) is 0 Å². The van der Waals surface area contributed by atoms with Crippen LogP contribution >= 0.6 is 0 Å². The minimum atomic E-state index is -0.677. The van der Waals surface area contributed by atoms with Gasteiger partial charge in [0, 0.05) is 18.3 Å². The van der Waals surface area contributed by atoms with E-state index < -0.39 is 11.7 Å². The first kappa shape index (κ1) is 12.9. The maximum atomic E-state index is 13.7. The Morgan fingerprint density at radius 2 is 1.89 bits per heavy atom. The van der Waals surface area contributed by atoms with E-state index in [2.05, 4.69) is 5.32 Å². The second-order valence-corrected chi connectivity index (χ2v) is 3.89. The second kappa shape index (κ2) is 5.39. The minimum Gasteiger partial charge on any atom is -0.454 e. The third-order valence-electron chi connectivity index (χ3n) is 2.59. The van der Waals surface area contributed by atoms with Crippen LogP contribution in [-0.2, 0) is 0 Å². The molecule has 1 amide bonds. The molecule has 4 nitrogen and oxygen atoms in total. The molecule has 0 aliphatic heterocycles. The molecule has 2 rings (SSSR count). The Morgan fingerprint density at radius 3 is 2.42 bits per heavy atom. The molecule has 3 N–H and O–H groups in total. The summed E-state index contributed by atoms with van der Waals surface area (Å²) < 4.78 is 19.1. The summed E-state index contributed by atoms with van der Waals surface area (Å²) in [4.78, 5) is 10.9. The number of benzene rings is 2. The molecular weight excluding hydrogens is 247 g/mol. The number of hydrogen-bond donors (Lipinski definition) is 2. The third kappa shape index (κ3) is 3.01. The van der Waals surface area contributed by atoms with Gasteiger partial charge < -0.3 is 15.8 Å². The maximum absolute atomic E-state index is 13.7. The Balaban J connectivity index is 2.20. The summed E-state index contributed by atoms with van der Waals surface area (Å²) in [5.74, 6) is -0.759. The Kier molecular flexibility index (Phi) is 3.66. The van der Waals surface area contributed by atoms with Crippen LogP contribution in [0.3, 0.4) is 0 Å². The molecule has 0 aliphatic carbocycles. The molecule has 0 unspecified atom stereocenters. The molecule has 0 radical (unpaired) electrons. The number of hydrogen-bond acceptors (Lipinski definition) is 3. The lowest BCUT2D eigenvalue weighted by Gasteiger charge is -2.08. The highest BCUT2D eigenvalue weighted by molar-refractivity contribution is 5.92. The monoisotopic (exact) mass is 260 g/mol. The number of carbonyl (C=O) groups excluding carboxylic acids is 1. The largest absolute Gasteiger partial charge is 0.454 e. The van der Waals surface area contributed by atoms with E-state index in [1.54, 1.807) is 19.2 Å². The average molecular weight is 260 g/mol. The van der Waals surface area contributed by atoms with Gasteiger partial charge in [0.15, 0.2) is 11.6 Å². The molecule has 0 atom stereocenters. The highest BCUT2D eigenvalue weighted by atomic mass is 19.1. The van der Waals surface area contributed by atoms with Crippen LogP contribution in [0.15, 0.2) is 42.5 Å². The zero-order valence-electron chi connectivity index (χ0n) is 10.3. The number of anilines is 1. The molecule has 0 spiro atoms. The van der Waals surface area contributed by atoms with Gasteiger partial charge in [-0.3, -0.25) is 4.79 Å². The fourth-order valence-corrected chi connectivity index (χ4v) is 1.55. The number of nitrogens with two attached hydrogens (primary N) is 1. The molecule has 0 aliphatic rings. The van der Waals surface area contributed by atoms with E-state index >= 15 is 0 Å². The second-order valence-electron chi connectivity index (χ2n) is 3.89. The van der Waals surface area contributed by atoms with Gasteiger partial charge in [-0.1, -0.05) is 0 Å². The number of nitrogens with one attached hydrogen (secondary N) is 1. The van der Waals surface area contributed by atoms with Crippen LogP contribution in [0.5, 0.6) is 11.5 Å². The first-order valence-corrected chi connectivity index (χ1v) is 5.65. The van der Waals surface area contributed by atoms with Crippen LogP contribution in [0.25, 0.3) is 0 Å². The van der Waals surface area contributed by atoms with E-state index in [0.29, 0.717) is 5.75 Å². The van der Waals surface area contributed by atoms with Gasteiger partial charge in [0.05, 0.1) is 0 Å². The van der Waals surface area contributed by atoms with Crippen molar-refractivity contribution < 1.29 is 13.9 Å². The van der Waals surface area contributed by atoms with Crippen LogP contribution in [0, 0.1) is 5.82 Å². The van der Waals surface area contributed by atoms with Crippen molar-refractivity contribution in [2.75, 3.05) is 12.4 Å². The van der Waals surface area contributed by atoms with Gasteiger partial charge in [-0.15, -0.1) is 0 Å². The Morgan fingerprint density at radius 1 is 1.21 bits per heavy atom. The van der Waals surface area contributed by atoms with Crippen molar-refractivity contribution in [2.45, 2.75) is 0 Å². The first-order valence-electron chi connectivity index (χ1n) is 5.65. The number of carbonyl (C=O) groups is 1. The molecule has 0 fully saturated rings. The normalized spacial score (nSPS) is 10.0. The predicted molar refractivity (Wildman–Crippen MR) is 71.0 cm³/mol. The molecule has 0 saturated carbocycles. The van der Waals surface area contributed by atoms with Crippen LogP contribution in [0.1, 0.15) is 10.4 Å². The SMILES string of the molecule is CNc1ccc(Oc2ccc(C(N)=O)cc2F)cc1. The molecule has 5 heteroatoms. The van der Waals surface area contributed by atoms with Crippen molar-refractivity contribution in [1.29, 1.82) is 0 Å². The number of rotatable bonds is 4. The molecule has 0 saturated heterocycles. The molecule has 0 heterocycles. The van der Waals surface area contributed by atoms with Gasteiger partial charge >= 0.3 is 0 Å². The molecule has 2 aromatic carbocycles. The summed E-state index contributed by atoms with van der Waals surface area (Å²) >= 11 is 0. The zero-order chi connectivity index (χ0) is 13.8. The summed E-state index contributed by atoms with van der Waals surface area (Å²) in [6.07, 6.45) is 0. The fourth-order valence-electron chi connectivity index (χ4n) is 1.55. The number of amides is 1. The highest BCUT2D eigenvalue weighted by Gasteiger charge is 2.08. The van der Waals surface area contributed by atoms with Crippen molar-refractivity contribution in [1.82, 2.24) is 0 Å². The third-order valence-corrected chi connectivity index (χ3v) is 2.59. The quantitative estimate of drug-likeness (QED) is 0.888. The van der Waals surface area contributed by atoms with E-state index in [1.165, 1.54) is 12.1 Å². The van der Waals surface area contributed by atoms with Gasteiger partial charge in [0.1, 0.15) is 5.75 Å². The summed E-state index contributed by atoms with van der Waals surface area (Å²) in [5.41, 5.74) is 6.10. The van der Waals surface area contributed by atoms with Crippen molar-refractivity contribution >= 4 is 11.6 Å². The van der Waals surface area contributed by atoms with Crippen molar-refractivity contribution in [3.05, 3.63) is 53.8 Å². The van der Waals surface area contributed by atoms with E-state index in [-0.39, 0.29) is 11.3 Å². The average Bonchev–Trinajstić information content (AvgIpc) is 2.41. The van der Waals surface area contributed by atoms with E-state index in [0.717, 1.165) is 11.8 Å². The molecule has 2 aromatic rings. The molecule has 98 valence electrons. The molecule has 0 bridgehead atoms. The first-order chi connectivity index (χ1) is 9.10. The van der Waals surface area contributed by atoms with E-state index in [1.807, 2.05) is 12.1 Å². The fraction of sp³-hybridized carbons (Fsp3) is 0.0714. The zero-order valence-corrected chi connectivity index (χ0v) is 10.3. The Hall–Kier alpha value is -2.56. The van der Waals surface area contributed by atoms with E-state index in [9.17, 15) is 9.18 Å². The Bertz CT molecular complexity index is 597. The van der Waals surface area contributed by atoms with Gasteiger partial charge in [0.2, 0.25) is 5.91 Å². The lowest BCUT2D eigenvalue weighted by atomic mass is 10.2. The van der Waals surface area contributed by atoms with Gasteiger partial charge in [-0.05, 0) is 42.5 Å². The molecule has 19 heavy (non-hydrogen) atoms. The molecular formula is C14H13FN2O2. The van der Waals surface area contributed by atoms with Gasteiger partial charge in [-0.2, -0.15) is 0 Å². The smallest absolute Gasteiger partial charge is 0.248 e. The molecule has 0 aromatic heterocycles. The maximum Gasteiger partial charge on any atom is 0.248 e. The van der Waals surface area contributed by atoms with Crippen molar-refractivity contribution in [2.24, 2.45) is 5.73 Å².